The van der Waals surface area contributed by atoms with E-state index in [1.54, 1.807) is 38.3 Å². The van der Waals surface area contributed by atoms with E-state index in [9.17, 15) is 9.28 Å². The van der Waals surface area contributed by atoms with E-state index in [2.05, 4.69) is 0 Å². The lowest BCUT2D eigenvalue weighted by molar-refractivity contribution is -0.0427. The average molecular weight is 340 g/mol. The van der Waals surface area contributed by atoms with Crippen LogP contribution < -0.4 is 9.64 Å². The van der Waals surface area contributed by atoms with Gasteiger partial charge in [0, 0.05) is 5.69 Å². The molecule has 1 aromatic rings. The normalized spacial score (nSPS) is 20.1. The third-order valence-corrected chi connectivity index (χ3v) is 4.07. The molecule has 110 valence electrons. The summed E-state index contributed by atoms with van der Waals surface area (Å²) in [5.41, 5.74) is 0.551. The Morgan fingerprint density at radius 2 is 1.95 bits per heavy atom. The van der Waals surface area contributed by atoms with Gasteiger partial charge in [-0.3, -0.25) is 4.90 Å². The molecule has 1 aromatic carbocycles. The van der Waals surface area contributed by atoms with Crippen molar-refractivity contribution in [3.05, 3.63) is 24.3 Å². The second kappa shape index (κ2) is 6.26. The maximum absolute atomic E-state index is 13.9. The van der Waals surface area contributed by atoms with E-state index in [-0.39, 0.29) is 5.23 Å². The Kier molecular flexibility index (Phi) is 4.85. The Balaban J connectivity index is 2.24. The largest absolute Gasteiger partial charge is 0.497 e. The number of urea groups is 1. The number of anilines is 1. The first kappa shape index (κ1) is 15.5. The standard InChI is InChI=1S/C11H12Cl2FN3O2S/c1-7-15(8-3-5-9(19-2)6-4-8)11(18)16(14)17(7)20-10(12)13/h3-7,10H,1-2H3. The summed E-state index contributed by atoms with van der Waals surface area (Å²) < 4.78 is 19.1. The van der Waals surface area contributed by atoms with Crippen LogP contribution in [-0.2, 0) is 0 Å². The molecule has 0 spiro atoms. The summed E-state index contributed by atoms with van der Waals surface area (Å²) in [5, 5.41) is -0.00265. The number of alkyl halides is 2. The van der Waals surface area contributed by atoms with Crippen LogP contribution >= 0.6 is 35.1 Å². The lowest BCUT2D eigenvalue weighted by Crippen LogP contribution is -2.34. The number of hydrogen-bond acceptors (Lipinski definition) is 4. The van der Waals surface area contributed by atoms with Crippen LogP contribution in [0.5, 0.6) is 5.75 Å². The summed E-state index contributed by atoms with van der Waals surface area (Å²) in [5.74, 6) is 0.651. The highest BCUT2D eigenvalue weighted by molar-refractivity contribution is 8.00. The molecule has 1 saturated heterocycles. The number of methoxy groups -OCH3 is 1. The number of hydrazine groups is 1. The van der Waals surface area contributed by atoms with Gasteiger partial charge < -0.3 is 4.74 Å². The van der Waals surface area contributed by atoms with Crippen LogP contribution in [0.4, 0.5) is 15.0 Å². The monoisotopic (exact) mass is 339 g/mol. The number of carbonyl (C=O) groups is 1. The molecule has 0 saturated carbocycles. The van der Waals surface area contributed by atoms with Crippen molar-refractivity contribution < 1.29 is 14.0 Å². The number of ether oxygens (including phenoxy) is 1. The van der Waals surface area contributed by atoms with Gasteiger partial charge in [0.05, 0.1) is 7.11 Å². The highest BCUT2D eigenvalue weighted by Crippen LogP contribution is 2.37. The number of carbonyl (C=O) groups excluding carboxylic acids is 1. The summed E-state index contributed by atoms with van der Waals surface area (Å²) in [4.78, 5) is 13.3. The Bertz CT molecular complexity index is 491. The van der Waals surface area contributed by atoms with Crippen LogP contribution in [0.1, 0.15) is 6.92 Å². The Labute approximate surface area is 130 Å². The molecule has 9 heteroatoms. The maximum atomic E-state index is 13.9. The zero-order chi connectivity index (χ0) is 14.9. The minimum absolute atomic E-state index is 0.00265. The summed E-state index contributed by atoms with van der Waals surface area (Å²) in [7, 11) is 1.54. The van der Waals surface area contributed by atoms with Crippen LogP contribution in [0, 0.1) is 0 Å². The molecular weight excluding hydrogens is 328 g/mol. The minimum Gasteiger partial charge on any atom is -0.497 e. The van der Waals surface area contributed by atoms with Gasteiger partial charge in [0.2, 0.25) is 0 Å². The van der Waals surface area contributed by atoms with Crippen LogP contribution in [0.3, 0.4) is 0 Å². The zero-order valence-electron chi connectivity index (χ0n) is 10.7. The van der Waals surface area contributed by atoms with Crippen molar-refractivity contribution in [3.63, 3.8) is 0 Å². The van der Waals surface area contributed by atoms with Crippen molar-refractivity contribution in [1.29, 1.82) is 0 Å². The zero-order valence-corrected chi connectivity index (χ0v) is 13.0. The van der Waals surface area contributed by atoms with Crippen molar-refractivity contribution in [2.75, 3.05) is 12.0 Å². The van der Waals surface area contributed by atoms with Crippen LogP contribution in [-0.4, -0.2) is 33.1 Å². The molecule has 1 atom stereocenters. The highest BCUT2D eigenvalue weighted by Gasteiger charge is 2.45. The second-order valence-electron chi connectivity index (χ2n) is 3.91. The molecule has 2 rings (SSSR count). The fourth-order valence-electron chi connectivity index (χ4n) is 1.86. The van der Waals surface area contributed by atoms with E-state index >= 15 is 0 Å². The number of halogens is 3. The van der Waals surface area contributed by atoms with E-state index in [1.165, 1.54) is 4.90 Å². The van der Waals surface area contributed by atoms with Gasteiger partial charge in [0.25, 0.3) is 0 Å². The van der Waals surface area contributed by atoms with Crippen molar-refractivity contribution in [2.24, 2.45) is 0 Å². The molecule has 1 unspecified atom stereocenters. The van der Waals surface area contributed by atoms with Gasteiger partial charge in [0.1, 0.15) is 11.9 Å². The molecule has 1 aliphatic rings. The summed E-state index contributed by atoms with van der Waals surface area (Å²) in [6.07, 6.45) is -0.564. The fraction of sp³-hybridized carbons (Fsp3) is 0.364. The van der Waals surface area contributed by atoms with Gasteiger partial charge in [0.15, 0.2) is 4.17 Å². The molecule has 0 aromatic heterocycles. The average Bonchev–Trinajstić information content (AvgIpc) is 2.63. The van der Waals surface area contributed by atoms with Crippen LogP contribution in [0.2, 0.25) is 0 Å². The number of amides is 2. The smallest absolute Gasteiger partial charge is 0.370 e. The van der Waals surface area contributed by atoms with Gasteiger partial charge in [-0.1, -0.05) is 32.9 Å². The van der Waals surface area contributed by atoms with Crippen LogP contribution in [0.25, 0.3) is 0 Å². The van der Waals surface area contributed by atoms with E-state index in [0.29, 0.717) is 11.4 Å². The second-order valence-corrected chi connectivity index (χ2v) is 6.58. The molecule has 20 heavy (non-hydrogen) atoms. The molecule has 2 amide bonds. The molecular formula is C11H12Cl2FN3O2S. The summed E-state index contributed by atoms with van der Waals surface area (Å²) in [6, 6.07) is 5.94. The molecule has 5 nitrogen and oxygen atoms in total. The molecule has 1 fully saturated rings. The topological polar surface area (TPSA) is 36.0 Å². The first-order valence-electron chi connectivity index (χ1n) is 5.63. The van der Waals surface area contributed by atoms with E-state index in [4.69, 9.17) is 27.9 Å². The first-order chi connectivity index (χ1) is 9.45. The van der Waals surface area contributed by atoms with Gasteiger partial charge in [-0.2, -0.15) is 0 Å². The first-order valence-corrected chi connectivity index (χ1v) is 7.34. The van der Waals surface area contributed by atoms with Gasteiger partial charge in [-0.05, 0) is 43.1 Å². The van der Waals surface area contributed by atoms with Crippen molar-refractivity contribution in [3.8, 4) is 5.75 Å². The van der Waals surface area contributed by atoms with Crippen molar-refractivity contribution in [2.45, 2.75) is 17.3 Å². The third kappa shape index (κ3) is 2.90. The van der Waals surface area contributed by atoms with Crippen molar-refractivity contribution in [1.82, 2.24) is 9.65 Å². The molecule has 1 aliphatic heterocycles. The summed E-state index contributed by atoms with van der Waals surface area (Å²) in [6.45, 7) is 1.67. The lowest BCUT2D eigenvalue weighted by atomic mass is 10.2. The molecule has 1 heterocycles. The third-order valence-electron chi connectivity index (χ3n) is 2.77. The molecule has 0 aliphatic carbocycles. The SMILES string of the molecule is COc1ccc(N2C(=O)N(F)N(SC(Cl)Cl)C2C)cc1. The van der Waals surface area contributed by atoms with Gasteiger partial charge >= 0.3 is 6.03 Å². The summed E-state index contributed by atoms with van der Waals surface area (Å²) >= 11 is 12.0. The Hall–Kier alpha value is -0.890. The van der Waals surface area contributed by atoms with Gasteiger partial charge in [-0.15, -0.1) is 4.41 Å². The van der Waals surface area contributed by atoms with Crippen LogP contribution in [0.15, 0.2) is 24.3 Å². The molecule has 0 N–H and O–H groups in total. The van der Waals surface area contributed by atoms with Gasteiger partial charge in [-0.25, -0.2) is 4.79 Å². The van der Waals surface area contributed by atoms with Crippen molar-refractivity contribution >= 4 is 46.9 Å². The number of hydrogen-bond donors (Lipinski definition) is 0. The minimum atomic E-state index is -0.876. The molecule has 0 bridgehead atoms. The Morgan fingerprint density at radius 1 is 1.35 bits per heavy atom. The van der Waals surface area contributed by atoms with E-state index in [0.717, 1.165) is 16.4 Å². The fourth-order valence-corrected chi connectivity index (χ4v) is 2.93. The molecule has 0 radical (unpaired) electrons. The quantitative estimate of drug-likeness (QED) is 0.475. The number of rotatable bonds is 4. The predicted octanol–water partition coefficient (Wildman–Crippen LogP) is 3.79. The predicted molar refractivity (Wildman–Crippen MR) is 78.2 cm³/mol. The lowest BCUT2D eigenvalue weighted by Gasteiger charge is -2.24. The number of benzene rings is 1. The van der Waals surface area contributed by atoms with E-state index < -0.39 is 16.4 Å². The highest BCUT2D eigenvalue weighted by atomic mass is 35.5. The Morgan fingerprint density at radius 3 is 2.45 bits per heavy atom. The number of nitrogens with zero attached hydrogens (tertiary/aromatic N) is 3. The maximum Gasteiger partial charge on any atom is 0.370 e. The van der Waals surface area contributed by atoms with E-state index in [1.807, 2.05) is 0 Å².